The highest BCUT2D eigenvalue weighted by molar-refractivity contribution is 6.06. The number of hydrogen-bond acceptors (Lipinski definition) is 3. The van der Waals surface area contributed by atoms with Crippen molar-refractivity contribution in [2.45, 2.75) is 70.9 Å². The zero-order valence-electron chi connectivity index (χ0n) is 13.8. The molecule has 0 unspecified atom stereocenters. The van der Waals surface area contributed by atoms with Crippen LogP contribution in [0.2, 0.25) is 0 Å². The van der Waals surface area contributed by atoms with Crippen molar-refractivity contribution in [1.29, 1.82) is 0 Å². The summed E-state index contributed by atoms with van der Waals surface area (Å²) in [6.45, 7) is 5.88. The molecule has 2 aliphatic rings. The van der Waals surface area contributed by atoms with Crippen LogP contribution in [-0.2, 0) is 9.59 Å². The third-order valence-electron chi connectivity index (χ3n) is 4.53. The molecule has 1 saturated heterocycles. The van der Waals surface area contributed by atoms with E-state index < -0.39 is 5.54 Å². The van der Waals surface area contributed by atoms with Gasteiger partial charge < -0.3 is 10.6 Å². The molecule has 0 aromatic carbocycles. The van der Waals surface area contributed by atoms with Crippen molar-refractivity contribution in [1.82, 2.24) is 15.5 Å². The predicted octanol–water partition coefficient (Wildman–Crippen LogP) is 1.79. The molecule has 1 aliphatic carbocycles. The van der Waals surface area contributed by atoms with Crippen LogP contribution < -0.4 is 10.6 Å². The second kappa shape index (κ2) is 6.67. The molecule has 0 aromatic rings. The number of amides is 4. The molecule has 1 aliphatic heterocycles. The number of imide groups is 1. The highest BCUT2D eigenvalue weighted by Gasteiger charge is 2.43. The first kappa shape index (κ1) is 16.8. The van der Waals surface area contributed by atoms with E-state index in [2.05, 4.69) is 17.6 Å². The molecular weight excluding hydrogens is 282 g/mol. The minimum absolute atomic E-state index is 0.0189. The van der Waals surface area contributed by atoms with Gasteiger partial charge in [-0.3, -0.25) is 14.5 Å². The number of hydrogen-bond donors (Lipinski definition) is 2. The molecule has 0 aromatic heterocycles. The van der Waals surface area contributed by atoms with Crippen LogP contribution in [0.3, 0.4) is 0 Å². The lowest BCUT2D eigenvalue weighted by Crippen LogP contribution is -2.40. The van der Waals surface area contributed by atoms with E-state index in [1.165, 1.54) is 17.7 Å². The molecule has 1 saturated carbocycles. The van der Waals surface area contributed by atoms with Gasteiger partial charge in [-0.2, -0.15) is 0 Å². The van der Waals surface area contributed by atoms with Crippen LogP contribution in [0.25, 0.3) is 0 Å². The summed E-state index contributed by atoms with van der Waals surface area (Å²) in [5, 5.41) is 5.71. The molecule has 4 amide bonds. The van der Waals surface area contributed by atoms with Crippen molar-refractivity contribution >= 4 is 17.8 Å². The molecule has 1 heterocycles. The summed E-state index contributed by atoms with van der Waals surface area (Å²) < 4.78 is 0. The van der Waals surface area contributed by atoms with E-state index in [0.29, 0.717) is 25.3 Å². The Morgan fingerprint density at radius 3 is 2.68 bits per heavy atom. The predicted molar refractivity (Wildman–Crippen MR) is 83.1 cm³/mol. The van der Waals surface area contributed by atoms with Gasteiger partial charge in [-0.05, 0) is 39.0 Å². The molecule has 0 spiro atoms. The molecule has 0 bridgehead atoms. The van der Waals surface area contributed by atoms with E-state index in [0.717, 1.165) is 12.8 Å². The highest BCUT2D eigenvalue weighted by atomic mass is 16.2. The molecule has 6 heteroatoms. The lowest BCUT2D eigenvalue weighted by Gasteiger charge is -2.27. The first-order valence-corrected chi connectivity index (χ1v) is 8.23. The lowest BCUT2D eigenvalue weighted by molar-refractivity contribution is -0.130. The van der Waals surface area contributed by atoms with Gasteiger partial charge in [-0.1, -0.05) is 19.8 Å². The number of carbonyl (C=O) groups is 3. The van der Waals surface area contributed by atoms with Gasteiger partial charge in [-0.25, -0.2) is 4.79 Å². The van der Waals surface area contributed by atoms with E-state index in [4.69, 9.17) is 0 Å². The van der Waals surface area contributed by atoms with Gasteiger partial charge in [0.05, 0.1) is 0 Å². The largest absolute Gasteiger partial charge is 0.353 e. The Morgan fingerprint density at radius 2 is 2.09 bits per heavy atom. The summed E-state index contributed by atoms with van der Waals surface area (Å²) in [5.41, 5.74) is -0.836. The zero-order valence-corrected chi connectivity index (χ0v) is 13.8. The Labute approximate surface area is 132 Å². The third-order valence-corrected chi connectivity index (χ3v) is 4.53. The summed E-state index contributed by atoms with van der Waals surface area (Å²) in [7, 11) is 0. The van der Waals surface area contributed by atoms with E-state index in [1.54, 1.807) is 13.8 Å². The minimum atomic E-state index is -0.836. The topological polar surface area (TPSA) is 78.5 Å². The maximum Gasteiger partial charge on any atom is 0.325 e. The highest BCUT2D eigenvalue weighted by Crippen LogP contribution is 2.23. The second-order valence-corrected chi connectivity index (χ2v) is 7.15. The van der Waals surface area contributed by atoms with Crippen molar-refractivity contribution < 1.29 is 14.4 Å². The van der Waals surface area contributed by atoms with Gasteiger partial charge in [-0.15, -0.1) is 0 Å². The smallest absolute Gasteiger partial charge is 0.325 e. The lowest BCUT2D eigenvalue weighted by atomic mass is 9.87. The second-order valence-electron chi connectivity index (χ2n) is 7.15. The van der Waals surface area contributed by atoms with Crippen LogP contribution in [0.1, 0.15) is 59.3 Å². The fraction of sp³-hybridized carbons (Fsp3) is 0.812. The van der Waals surface area contributed by atoms with Crippen molar-refractivity contribution in [2.24, 2.45) is 5.92 Å². The van der Waals surface area contributed by atoms with Crippen LogP contribution in [0.5, 0.6) is 0 Å². The zero-order chi connectivity index (χ0) is 16.3. The van der Waals surface area contributed by atoms with Gasteiger partial charge in [0.2, 0.25) is 5.91 Å². The van der Waals surface area contributed by atoms with Crippen molar-refractivity contribution in [3.63, 3.8) is 0 Å². The van der Waals surface area contributed by atoms with Gasteiger partial charge in [0.1, 0.15) is 5.54 Å². The van der Waals surface area contributed by atoms with Crippen molar-refractivity contribution in [3.8, 4) is 0 Å². The summed E-state index contributed by atoms with van der Waals surface area (Å²) in [4.78, 5) is 36.9. The van der Waals surface area contributed by atoms with E-state index >= 15 is 0 Å². The Bertz CT molecular complexity index is 462. The van der Waals surface area contributed by atoms with E-state index in [-0.39, 0.29) is 23.9 Å². The summed E-state index contributed by atoms with van der Waals surface area (Å²) in [6.07, 6.45) is 5.37. The molecule has 2 rings (SSSR count). The summed E-state index contributed by atoms with van der Waals surface area (Å²) in [5.74, 6) is 0.469. The third kappa shape index (κ3) is 3.99. The van der Waals surface area contributed by atoms with Gasteiger partial charge in [0.15, 0.2) is 0 Å². The maximum atomic E-state index is 12.0. The van der Waals surface area contributed by atoms with Gasteiger partial charge >= 0.3 is 6.03 Å². The first-order valence-electron chi connectivity index (χ1n) is 8.23. The number of carbonyl (C=O) groups excluding carboxylic acids is 3. The number of rotatable bonds is 5. The minimum Gasteiger partial charge on any atom is -0.353 e. The molecule has 2 N–H and O–H groups in total. The monoisotopic (exact) mass is 309 g/mol. The maximum absolute atomic E-state index is 12.0. The number of nitrogens with zero attached hydrogens (tertiary/aromatic N) is 1. The summed E-state index contributed by atoms with van der Waals surface area (Å²) >= 11 is 0. The normalized spacial score (nSPS) is 27.7. The SMILES string of the molecule is C[C@H]1CCC[C@@H](NC(=O)CCCN2C(=O)NC(C)(C)C2=O)C1. The van der Waals surface area contributed by atoms with E-state index in [9.17, 15) is 14.4 Å². The van der Waals surface area contributed by atoms with E-state index in [1.807, 2.05) is 0 Å². The van der Waals surface area contributed by atoms with Crippen LogP contribution in [0.4, 0.5) is 4.79 Å². The Morgan fingerprint density at radius 1 is 1.36 bits per heavy atom. The average Bonchev–Trinajstić information content (AvgIpc) is 2.60. The molecule has 2 atom stereocenters. The van der Waals surface area contributed by atoms with Crippen LogP contribution in [-0.4, -0.2) is 40.9 Å². The van der Waals surface area contributed by atoms with Gasteiger partial charge in [0.25, 0.3) is 5.91 Å². The molecule has 22 heavy (non-hydrogen) atoms. The quantitative estimate of drug-likeness (QED) is 0.760. The molecular formula is C16H27N3O3. The Balaban J connectivity index is 1.71. The fourth-order valence-corrected chi connectivity index (χ4v) is 3.28. The Hall–Kier alpha value is -1.59. The number of urea groups is 1. The Kier molecular flexibility index (Phi) is 5.08. The summed E-state index contributed by atoms with van der Waals surface area (Å²) in [6, 6.07) is -0.0802. The van der Waals surface area contributed by atoms with Crippen LogP contribution >= 0.6 is 0 Å². The van der Waals surface area contributed by atoms with Gasteiger partial charge in [0, 0.05) is 19.0 Å². The van der Waals surface area contributed by atoms with Crippen molar-refractivity contribution in [3.05, 3.63) is 0 Å². The first-order chi connectivity index (χ1) is 10.3. The number of nitrogens with one attached hydrogen (secondary N) is 2. The standard InChI is InChI=1S/C16H27N3O3/c1-11-6-4-7-12(10-11)17-13(20)8-5-9-19-14(21)16(2,3)18-15(19)22/h11-12H,4-10H2,1-3H3,(H,17,20)(H,18,22)/t11-,12+/m0/s1. The molecule has 124 valence electrons. The fourth-order valence-electron chi connectivity index (χ4n) is 3.28. The average molecular weight is 309 g/mol. The van der Waals surface area contributed by atoms with Crippen LogP contribution in [0, 0.1) is 5.92 Å². The molecule has 6 nitrogen and oxygen atoms in total. The van der Waals surface area contributed by atoms with Crippen molar-refractivity contribution in [2.75, 3.05) is 6.54 Å². The van der Waals surface area contributed by atoms with Crippen LogP contribution in [0.15, 0.2) is 0 Å². The molecule has 2 fully saturated rings. The molecule has 0 radical (unpaired) electrons.